The second-order valence-electron chi connectivity index (χ2n) is 3.37. The van der Waals surface area contributed by atoms with E-state index in [0.29, 0.717) is 6.54 Å². The van der Waals surface area contributed by atoms with Crippen molar-refractivity contribution in [3.8, 4) is 0 Å². The summed E-state index contributed by atoms with van der Waals surface area (Å²) in [6, 6.07) is 0. The third-order valence-electron chi connectivity index (χ3n) is 2.03. The molecule has 2 heterocycles. The number of aromatic carboxylic acids is 1. The SMILES string of the molecule is Cn1cc(SCCn2cc(C(=O)O)nn2)cn1. The third-order valence-corrected chi connectivity index (χ3v) is 2.96. The molecule has 0 aliphatic rings. The fraction of sp³-hybridized carbons (Fsp3) is 0.333. The Morgan fingerprint density at radius 2 is 2.35 bits per heavy atom. The van der Waals surface area contributed by atoms with E-state index in [0.717, 1.165) is 10.6 Å². The van der Waals surface area contributed by atoms with Crippen LogP contribution in [0.4, 0.5) is 0 Å². The summed E-state index contributed by atoms with van der Waals surface area (Å²) in [6.45, 7) is 0.611. The Balaban J connectivity index is 1.83. The first-order valence-corrected chi connectivity index (χ1v) is 5.88. The van der Waals surface area contributed by atoms with E-state index >= 15 is 0 Å². The maximum absolute atomic E-state index is 10.6. The molecule has 0 bridgehead atoms. The number of hydrogen-bond donors (Lipinski definition) is 1. The zero-order chi connectivity index (χ0) is 12.3. The van der Waals surface area contributed by atoms with E-state index in [4.69, 9.17) is 5.11 Å². The smallest absolute Gasteiger partial charge is 0.358 e. The van der Waals surface area contributed by atoms with E-state index < -0.39 is 5.97 Å². The van der Waals surface area contributed by atoms with Crippen molar-refractivity contribution in [3.05, 3.63) is 24.3 Å². The van der Waals surface area contributed by atoms with Gasteiger partial charge in [0.15, 0.2) is 5.69 Å². The molecule has 0 aliphatic heterocycles. The standard InChI is InChI=1S/C9H11N5O2S/c1-13-5-7(4-10-13)17-3-2-14-6-8(9(15)16)11-12-14/h4-6H,2-3H2,1H3,(H,15,16). The monoisotopic (exact) mass is 253 g/mol. The molecule has 0 amide bonds. The third kappa shape index (κ3) is 3.06. The molecule has 2 aromatic heterocycles. The van der Waals surface area contributed by atoms with Gasteiger partial charge in [0.25, 0.3) is 0 Å². The minimum absolute atomic E-state index is 0.0311. The maximum atomic E-state index is 10.6. The molecule has 0 saturated carbocycles. The molecule has 2 rings (SSSR count). The molecule has 90 valence electrons. The number of nitrogens with zero attached hydrogens (tertiary/aromatic N) is 5. The van der Waals surface area contributed by atoms with Crippen LogP contribution in [0.5, 0.6) is 0 Å². The molecule has 0 radical (unpaired) electrons. The van der Waals surface area contributed by atoms with Crippen LogP contribution in [0.3, 0.4) is 0 Å². The van der Waals surface area contributed by atoms with Gasteiger partial charge in [-0.3, -0.25) is 9.36 Å². The number of carbonyl (C=O) groups is 1. The number of aromatic nitrogens is 5. The molecule has 7 nitrogen and oxygen atoms in total. The number of carboxylic acids is 1. The largest absolute Gasteiger partial charge is 0.476 e. The van der Waals surface area contributed by atoms with Gasteiger partial charge in [0, 0.05) is 23.9 Å². The topological polar surface area (TPSA) is 85.8 Å². The van der Waals surface area contributed by atoms with Crippen molar-refractivity contribution in [2.45, 2.75) is 11.4 Å². The molecule has 0 unspecified atom stereocenters. The van der Waals surface area contributed by atoms with Gasteiger partial charge in [0.1, 0.15) is 0 Å². The van der Waals surface area contributed by atoms with Crippen molar-refractivity contribution in [2.24, 2.45) is 7.05 Å². The molecule has 2 aromatic rings. The lowest BCUT2D eigenvalue weighted by molar-refractivity contribution is 0.0690. The van der Waals surface area contributed by atoms with Crippen molar-refractivity contribution in [1.29, 1.82) is 0 Å². The molecular weight excluding hydrogens is 242 g/mol. The normalized spacial score (nSPS) is 10.6. The summed E-state index contributed by atoms with van der Waals surface area (Å²) >= 11 is 1.63. The van der Waals surface area contributed by atoms with Crippen molar-refractivity contribution >= 4 is 17.7 Å². The van der Waals surface area contributed by atoms with Crippen LogP contribution in [0, 0.1) is 0 Å². The van der Waals surface area contributed by atoms with Crippen molar-refractivity contribution < 1.29 is 9.90 Å². The minimum atomic E-state index is -1.06. The van der Waals surface area contributed by atoms with Crippen LogP contribution in [-0.2, 0) is 13.6 Å². The first kappa shape index (κ1) is 11.6. The lowest BCUT2D eigenvalue weighted by Crippen LogP contribution is -2.01. The van der Waals surface area contributed by atoms with E-state index in [1.54, 1.807) is 22.6 Å². The predicted molar refractivity (Wildman–Crippen MR) is 60.9 cm³/mol. The maximum Gasteiger partial charge on any atom is 0.358 e. The second kappa shape index (κ2) is 5.00. The molecule has 0 saturated heterocycles. The Morgan fingerprint density at radius 3 is 2.94 bits per heavy atom. The molecule has 8 heteroatoms. The van der Waals surface area contributed by atoms with E-state index in [9.17, 15) is 4.79 Å². The van der Waals surface area contributed by atoms with Crippen LogP contribution in [0.1, 0.15) is 10.5 Å². The molecule has 0 atom stereocenters. The molecule has 0 aromatic carbocycles. The van der Waals surface area contributed by atoms with Gasteiger partial charge in [-0.1, -0.05) is 5.21 Å². The van der Waals surface area contributed by atoms with E-state index in [2.05, 4.69) is 15.4 Å². The van der Waals surface area contributed by atoms with Gasteiger partial charge in [-0.15, -0.1) is 16.9 Å². The zero-order valence-electron chi connectivity index (χ0n) is 9.15. The average molecular weight is 253 g/mol. The summed E-state index contributed by atoms with van der Waals surface area (Å²) in [4.78, 5) is 11.7. The number of thioether (sulfide) groups is 1. The van der Waals surface area contributed by atoms with Gasteiger partial charge in [-0.2, -0.15) is 5.10 Å². The first-order valence-electron chi connectivity index (χ1n) is 4.90. The summed E-state index contributed by atoms with van der Waals surface area (Å²) in [5.41, 5.74) is -0.0311. The van der Waals surface area contributed by atoms with Crippen LogP contribution in [-0.4, -0.2) is 41.6 Å². The van der Waals surface area contributed by atoms with Crippen LogP contribution >= 0.6 is 11.8 Å². The summed E-state index contributed by atoms with van der Waals surface area (Å²) in [7, 11) is 1.86. The quantitative estimate of drug-likeness (QED) is 0.781. The number of aryl methyl sites for hydroxylation is 2. The molecule has 0 fully saturated rings. The van der Waals surface area contributed by atoms with Crippen molar-refractivity contribution in [2.75, 3.05) is 5.75 Å². The summed E-state index contributed by atoms with van der Waals surface area (Å²) < 4.78 is 3.26. The minimum Gasteiger partial charge on any atom is -0.476 e. The Morgan fingerprint density at radius 1 is 1.53 bits per heavy atom. The molecular formula is C9H11N5O2S. The van der Waals surface area contributed by atoms with Gasteiger partial charge in [0.05, 0.1) is 18.9 Å². The van der Waals surface area contributed by atoms with E-state index in [1.165, 1.54) is 10.9 Å². The van der Waals surface area contributed by atoms with Crippen LogP contribution < -0.4 is 0 Å². The van der Waals surface area contributed by atoms with Crippen LogP contribution in [0.25, 0.3) is 0 Å². The van der Waals surface area contributed by atoms with Crippen molar-refractivity contribution in [1.82, 2.24) is 24.8 Å². The summed E-state index contributed by atoms with van der Waals surface area (Å²) in [6.07, 6.45) is 5.13. The Labute approximate surface area is 101 Å². The van der Waals surface area contributed by atoms with E-state index in [-0.39, 0.29) is 5.69 Å². The zero-order valence-corrected chi connectivity index (χ0v) is 9.96. The summed E-state index contributed by atoms with van der Waals surface area (Å²) in [5, 5.41) is 20.0. The highest BCUT2D eigenvalue weighted by Gasteiger charge is 2.07. The Bertz CT molecular complexity index is 521. The van der Waals surface area contributed by atoms with Gasteiger partial charge in [-0.05, 0) is 0 Å². The fourth-order valence-electron chi connectivity index (χ4n) is 1.24. The van der Waals surface area contributed by atoms with Crippen molar-refractivity contribution in [3.63, 3.8) is 0 Å². The number of hydrogen-bond acceptors (Lipinski definition) is 5. The van der Waals surface area contributed by atoms with Gasteiger partial charge >= 0.3 is 5.97 Å². The lowest BCUT2D eigenvalue weighted by atomic mass is 10.5. The highest BCUT2D eigenvalue weighted by Crippen LogP contribution is 2.16. The van der Waals surface area contributed by atoms with Gasteiger partial charge in [-0.25, -0.2) is 4.79 Å². The highest BCUT2D eigenvalue weighted by atomic mass is 32.2. The molecule has 0 aliphatic carbocycles. The average Bonchev–Trinajstić information content (AvgIpc) is 2.88. The van der Waals surface area contributed by atoms with Gasteiger partial charge in [0.2, 0.25) is 0 Å². The molecule has 0 spiro atoms. The molecule has 17 heavy (non-hydrogen) atoms. The summed E-state index contributed by atoms with van der Waals surface area (Å²) in [5.74, 6) is -0.273. The van der Waals surface area contributed by atoms with Crippen LogP contribution in [0.2, 0.25) is 0 Å². The number of rotatable bonds is 5. The fourth-order valence-corrected chi connectivity index (χ4v) is 2.10. The Kier molecular flexibility index (Phi) is 3.43. The van der Waals surface area contributed by atoms with Gasteiger partial charge < -0.3 is 5.11 Å². The number of carboxylic acid groups (broad SMARTS) is 1. The van der Waals surface area contributed by atoms with Crippen LogP contribution in [0.15, 0.2) is 23.5 Å². The first-order chi connectivity index (χ1) is 8.15. The highest BCUT2D eigenvalue weighted by molar-refractivity contribution is 7.99. The lowest BCUT2D eigenvalue weighted by Gasteiger charge is -1.97. The Hall–Kier alpha value is -1.83. The van der Waals surface area contributed by atoms with E-state index in [1.807, 2.05) is 13.2 Å². The molecule has 1 N–H and O–H groups in total. The second-order valence-corrected chi connectivity index (χ2v) is 4.54. The predicted octanol–water partition coefficient (Wildman–Crippen LogP) is 0.502.